The summed E-state index contributed by atoms with van der Waals surface area (Å²) in [5.41, 5.74) is 1.44. The van der Waals surface area contributed by atoms with Crippen LogP contribution in [0, 0.1) is 5.92 Å². The molecule has 0 spiro atoms. The molecule has 8 heteroatoms. The van der Waals surface area contributed by atoms with Crippen LogP contribution in [0.15, 0.2) is 18.2 Å². The number of carbonyl (C=O) groups excluding carboxylic acids is 4. The highest BCUT2D eigenvalue weighted by atomic mass is 16.2. The lowest BCUT2D eigenvalue weighted by Gasteiger charge is -2.30. The number of hydrogen-bond acceptors (Lipinski definition) is 6. The summed E-state index contributed by atoms with van der Waals surface area (Å²) in [4.78, 5) is 50.4. The third-order valence-corrected chi connectivity index (χ3v) is 5.75. The Bertz CT molecular complexity index is 849. The summed E-state index contributed by atoms with van der Waals surface area (Å²) in [6.07, 6.45) is 1.33. The van der Waals surface area contributed by atoms with Crippen LogP contribution in [0.2, 0.25) is 0 Å². The molecule has 28 heavy (non-hydrogen) atoms. The van der Waals surface area contributed by atoms with Crippen molar-refractivity contribution in [2.75, 3.05) is 13.1 Å². The number of piperidine rings is 1. The van der Waals surface area contributed by atoms with Gasteiger partial charge < -0.3 is 10.6 Å². The predicted molar refractivity (Wildman–Crippen MR) is 100 cm³/mol. The molecule has 0 radical (unpaired) electrons. The fourth-order valence-corrected chi connectivity index (χ4v) is 4.11. The quantitative estimate of drug-likeness (QED) is 0.604. The van der Waals surface area contributed by atoms with Crippen molar-refractivity contribution in [2.45, 2.75) is 44.8 Å². The second kappa shape index (κ2) is 7.44. The topological polar surface area (TPSA) is 108 Å². The van der Waals surface area contributed by atoms with Crippen LogP contribution in [0.5, 0.6) is 0 Å². The molecule has 1 aromatic rings. The Morgan fingerprint density at radius 3 is 2.64 bits per heavy atom. The lowest BCUT2D eigenvalue weighted by molar-refractivity contribution is -0.136. The van der Waals surface area contributed by atoms with Crippen molar-refractivity contribution >= 4 is 23.6 Å². The first kappa shape index (κ1) is 18.8. The van der Waals surface area contributed by atoms with Gasteiger partial charge in [-0.15, -0.1) is 0 Å². The number of rotatable bonds is 6. The van der Waals surface area contributed by atoms with Crippen LogP contribution in [0.25, 0.3) is 0 Å². The van der Waals surface area contributed by atoms with E-state index in [-0.39, 0.29) is 18.7 Å². The van der Waals surface area contributed by atoms with Crippen LogP contribution in [0.1, 0.15) is 52.5 Å². The molecular weight excluding hydrogens is 360 g/mol. The van der Waals surface area contributed by atoms with Crippen LogP contribution in [-0.4, -0.2) is 53.7 Å². The van der Waals surface area contributed by atoms with Crippen molar-refractivity contribution in [1.82, 2.24) is 20.9 Å². The maximum atomic E-state index is 13.0. The highest BCUT2D eigenvalue weighted by molar-refractivity contribution is 6.24. The molecule has 148 valence electrons. The van der Waals surface area contributed by atoms with E-state index in [1.807, 2.05) is 6.07 Å². The van der Waals surface area contributed by atoms with Crippen molar-refractivity contribution in [2.24, 2.45) is 5.92 Å². The Labute approximate surface area is 163 Å². The van der Waals surface area contributed by atoms with Crippen LogP contribution >= 0.6 is 0 Å². The lowest BCUT2D eigenvalue weighted by Crippen LogP contribution is -2.54. The molecule has 4 rings (SSSR count). The summed E-state index contributed by atoms with van der Waals surface area (Å²) in [6.45, 7) is 4.68. The van der Waals surface area contributed by atoms with Gasteiger partial charge in [-0.05, 0) is 50.4 Å². The first-order valence-corrected chi connectivity index (χ1v) is 9.73. The van der Waals surface area contributed by atoms with E-state index >= 15 is 0 Å². The summed E-state index contributed by atoms with van der Waals surface area (Å²) in [6, 6.07) is 4.57. The molecule has 0 bridgehead atoms. The number of benzene rings is 1. The Kier molecular flexibility index (Phi) is 4.99. The number of nitrogens with zero attached hydrogens (tertiary/aromatic N) is 1. The zero-order chi connectivity index (χ0) is 19.8. The molecule has 4 amide bonds. The molecule has 2 fully saturated rings. The van der Waals surface area contributed by atoms with Crippen molar-refractivity contribution in [3.8, 4) is 0 Å². The van der Waals surface area contributed by atoms with E-state index in [9.17, 15) is 19.2 Å². The van der Waals surface area contributed by atoms with Gasteiger partial charge in [0.25, 0.3) is 11.8 Å². The van der Waals surface area contributed by atoms with Gasteiger partial charge in [0.2, 0.25) is 11.8 Å². The van der Waals surface area contributed by atoms with Gasteiger partial charge in [0.15, 0.2) is 0 Å². The first-order chi connectivity index (χ1) is 13.5. The monoisotopic (exact) mass is 384 g/mol. The predicted octanol–water partition coefficient (Wildman–Crippen LogP) is 0.175. The van der Waals surface area contributed by atoms with Gasteiger partial charge in [-0.25, -0.2) is 0 Å². The smallest absolute Gasteiger partial charge is 0.262 e. The molecule has 3 aliphatic rings. The zero-order valence-electron chi connectivity index (χ0n) is 15.8. The summed E-state index contributed by atoms with van der Waals surface area (Å²) in [5.74, 6) is -1.21. The minimum absolute atomic E-state index is 0.117. The van der Waals surface area contributed by atoms with E-state index in [2.05, 4.69) is 22.9 Å². The Hall–Kier alpha value is -2.58. The van der Waals surface area contributed by atoms with Crippen molar-refractivity contribution in [1.29, 1.82) is 0 Å². The number of nitrogens with one attached hydrogen (secondary N) is 3. The van der Waals surface area contributed by atoms with E-state index < -0.39 is 23.8 Å². The molecule has 0 aliphatic carbocycles. The third-order valence-electron chi connectivity index (χ3n) is 5.75. The van der Waals surface area contributed by atoms with E-state index in [1.54, 1.807) is 12.1 Å². The summed E-state index contributed by atoms with van der Waals surface area (Å²) >= 11 is 0. The van der Waals surface area contributed by atoms with E-state index in [0.29, 0.717) is 29.6 Å². The third kappa shape index (κ3) is 3.33. The van der Waals surface area contributed by atoms with Gasteiger partial charge in [-0.1, -0.05) is 12.1 Å². The van der Waals surface area contributed by atoms with Gasteiger partial charge in [0, 0.05) is 19.0 Å². The SMILES string of the molecule is CC(CC1CNC1)NCc1cccc2c1C(=O)N(C1CCC(=O)NC1=O)C2=O. The van der Waals surface area contributed by atoms with E-state index in [1.165, 1.54) is 0 Å². The molecule has 2 unspecified atom stereocenters. The Morgan fingerprint density at radius 2 is 1.96 bits per heavy atom. The van der Waals surface area contributed by atoms with Gasteiger partial charge >= 0.3 is 0 Å². The number of hydrogen-bond donors (Lipinski definition) is 3. The van der Waals surface area contributed by atoms with E-state index in [0.717, 1.165) is 30.0 Å². The van der Waals surface area contributed by atoms with Crippen LogP contribution < -0.4 is 16.0 Å². The normalized spacial score (nSPS) is 23.5. The van der Waals surface area contributed by atoms with Crippen molar-refractivity contribution in [3.05, 3.63) is 34.9 Å². The van der Waals surface area contributed by atoms with Gasteiger partial charge in [-0.2, -0.15) is 0 Å². The minimum Gasteiger partial charge on any atom is -0.316 e. The fraction of sp³-hybridized carbons (Fsp3) is 0.500. The molecule has 0 saturated carbocycles. The Balaban J connectivity index is 1.50. The number of imide groups is 2. The zero-order valence-corrected chi connectivity index (χ0v) is 15.8. The molecule has 2 atom stereocenters. The summed E-state index contributed by atoms with van der Waals surface area (Å²) in [7, 11) is 0. The molecule has 8 nitrogen and oxygen atoms in total. The van der Waals surface area contributed by atoms with Crippen LogP contribution in [-0.2, 0) is 16.1 Å². The highest BCUT2D eigenvalue weighted by Crippen LogP contribution is 2.30. The molecule has 3 heterocycles. The molecule has 3 N–H and O–H groups in total. The number of carbonyl (C=O) groups is 4. The lowest BCUT2D eigenvalue weighted by atomic mass is 9.95. The molecule has 0 aromatic heterocycles. The second-order valence-electron chi connectivity index (χ2n) is 7.83. The first-order valence-electron chi connectivity index (χ1n) is 9.73. The largest absolute Gasteiger partial charge is 0.316 e. The van der Waals surface area contributed by atoms with Gasteiger partial charge in [0.05, 0.1) is 11.1 Å². The number of amides is 4. The average Bonchev–Trinajstić information content (AvgIpc) is 2.88. The summed E-state index contributed by atoms with van der Waals surface area (Å²) < 4.78 is 0. The summed E-state index contributed by atoms with van der Waals surface area (Å²) in [5, 5.41) is 8.91. The Morgan fingerprint density at radius 1 is 1.18 bits per heavy atom. The highest BCUT2D eigenvalue weighted by Gasteiger charge is 2.45. The standard InChI is InChI=1S/C20H24N4O4/c1-11(7-12-8-21-9-12)22-10-13-3-2-4-14-17(13)20(28)24(19(14)27)15-5-6-16(25)23-18(15)26/h2-4,11-12,15,21-22H,5-10H2,1H3,(H,23,25,26). The van der Waals surface area contributed by atoms with Crippen molar-refractivity contribution < 1.29 is 19.2 Å². The molecular formula is C20H24N4O4. The van der Waals surface area contributed by atoms with Gasteiger partial charge in [-0.3, -0.25) is 29.4 Å². The maximum Gasteiger partial charge on any atom is 0.262 e. The maximum absolute atomic E-state index is 13.0. The molecule has 3 aliphatic heterocycles. The van der Waals surface area contributed by atoms with Crippen LogP contribution in [0.4, 0.5) is 0 Å². The number of fused-ring (bicyclic) bond motifs is 1. The van der Waals surface area contributed by atoms with Gasteiger partial charge in [0.1, 0.15) is 6.04 Å². The average molecular weight is 384 g/mol. The second-order valence-corrected chi connectivity index (χ2v) is 7.83. The minimum atomic E-state index is -0.934. The van der Waals surface area contributed by atoms with E-state index in [4.69, 9.17) is 0 Å². The fourth-order valence-electron chi connectivity index (χ4n) is 4.11. The molecule has 1 aromatic carbocycles. The molecule has 2 saturated heterocycles. The van der Waals surface area contributed by atoms with Crippen LogP contribution in [0.3, 0.4) is 0 Å². The van der Waals surface area contributed by atoms with Crippen molar-refractivity contribution in [3.63, 3.8) is 0 Å².